The summed E-state index contributed by atoms with van der Waals surface area (Å²) in [5.74, 6) is 0.790. The molecule has 0 saturated carbocycles. The summed E-state index contributed by atoms with van der Waals surface area (Å²) in [6.07, 6.45) is 2.34. The molecule has 4 nitrogen and oxygen atoms in total. The van der Waals surface area contributed by atoms with Gasteiger partial charge in [0, 0.05) is 25.3 Å². The van der Waals surface area contributed by atoms with Gasteiger partial charge in [-0.25, -0.2) is 0 Å². The number of piperidine rings is 1. The van der Waals surface area contributed by atoms with Crippen LogP contribution in [-0.4, -0.2) is 41.1 Å². The van der Waals surface area contributed by atoms with Gasteiger partial charge in [0.05, 0.1) is 0 Å². The first-order valence-electron chi connectivity index (χ1n) is 7.64. The molecule has 1 saturated heterocycles. The van der Waals surface area contributed by atoms with E-state index >= 15 is 0 Å². The van der Waals surface area contributed by atoms with E-state index in [-0.39, 0.29) is 11.9 Å². The molecule has 0 radical (unpaired) electrons. The lowest BCUT2D eigenvalue weighted by Gasteiger charge is -2.33. The third-order valence-corrected chi connectivity index (χ3v) is 4.39. The van der Waals surface area contributed by atoms with E-state index in [1.54, 1.807) is 0 Å². The highest BCUT2D eigenvalue weighted by molar-refractivity contribution is 5.93. The third kappa shape index (κ3) is 3.23. The fraction of sp³-hybridized carbons (Fsp3) is 0.688. The molecule has 2 heterocycles. The number of aromatic nitrogens is 1. The monoisotopic (exact) mass is 277 g/mol. The van der Waals surface area contributed by atoms with E-state index < -0.39 is 0 Å². The van der Waals surface area contributed by atoms with Crippen LogP contribution in [0.5, 0.6) is 0 Å². The Labute approximate surface area is 122 Å². The molecule has 1 fully saturated rings. The Kier molecular flexibility index (Phi) is 4.86. The van der Waals surface area contributed by atoms with E-state index in [2.05, 4.69) is 19.2 Å². The van der Waals surface area contributed by atoms with Gasteiger partial charge in [0.15, 0.2) is 0 Å². The van der Waals surface area contributed by atoms with Crippen molar-refractivity contribution in [3.8, 4) is 0 Å². The highest BCUT2D eigenvalue weighted by atomic mass is 16.2. The summed E-state index contributed by atoms with van der Waals surface area (Å²) in [7, 11) is 1.96. The van der Waals surface area contributed by atoms with E-state index in [9.17, 15) is 4.79 Å². The zero-order chi connectivity index (χ0) is 14.7. The zero-order valence-electron chi connectivity index (χ0n) is 13.1. The molecular formula is C16H27N3O. The van der Waals surface area contributed by atoms with Crippen molar-refractivity contribution >= 4 is 5.91 Å². The van der Waals surface area contributed by atoms with Crippen LogP contribution in [0.15, 0.2) is 12.1 Å². The van der Waals surface area contributed by atoms with Crippen molar-refractivity contribution in [3.63, 3.8) is 0 Å². The maximum Gasteiger partial charge on any atom is 0.270 e. The molecular weight excluding hydrogens is 250 g/mol. The smallest absolute Gasteiger partial charge is 0.270 e. The molecule has 1 aromatic heterocycles. The minimum absolute atomic E-state index is 0.161. The Balaban J connectivity index is 2.11. The van der Waals surface area contributed by atoms with Gasteiger partial charge < -0.3 is 14.8 Å². The van der Waals surface area contributed by atoms with Crippen molar-refractivity contribution in [3.05, 3.63) is 23.5 Å². The van der Waals surface area contributed by atoms with Crippen LogP contribution >= 0.6 is 0 Å². The molecule has 112 valence electrons. The fourth-order valence-electron chi connectivity index (χ4n) is 2.85. The van der Waals surface area contributed by atoms with Gasteiger partial charge in [-0.3, -0.25) is 4.79 Å². The minimum Gasteiger partial charge on any atom is -0.344 e. The molecule has 20 heavy (non-hydrogen) atoms. The highest BCUT2D eigenvalue weighted by Gasteiger charge is 2.25. The second-order valence-corrected chi connectivity index (χ2v) is 6.16. The number of carbonyl (C=O) groups excluding carboxylic acids is 1. The predicted octanol–water partition coefficient (Wildman–Crippen LogP) is 2.18. The van der Waals surface area contributed by atoms with Gasteiger partial charge in [-0.15, -0.1) is 0 Å². The van der Waals surface area contributed by atoms with Gasteiger partial charge >= 0.3 is 0 Å². The van der Waals surface area contributed by atoms with E-state index in [0.29, 0.717) is 5.92 Å². The average Bonchev–Trinajstić information content (AvgIpc) is 2.76. The summed E-state index contributed by atoms with van der Waals surface area (Å²) >= 11 is 0. The Hall–Kier alpha value is -1.29. The van der Waals surface area contributed by atoms with Crippen molar-refractivity contribution in [2.45, 2.75) is 39.7 Å². The molecule has 0 bridgehead atoms. The Bertz CT molecular complexity index is 458. The van der Waals surface area contributed by atoms with Gasteiger partial charge in [0.25, 0.3) is 5.91 Å². The topological polar surface area (TPSA) is 37.3 Å². The van der Waals surface area contributed by atoms with Gasteiger partial charge in [-0.05, 0) is 64.8 Å². The largest absolute Gasteiger partial charge is 0.344 e. The number of nitrogens with zero attached hydrogens (tertiary/aromatic N) is 2. The van der Waals surface area contributed by atoms with Crippen LogP contribution in [0.3, 0.4) is 0 Å². The van der Waals surface area contributed by atoms with E-state index in [1.807, 2.05) is 35.6 Å². The number of nitrogens with one attached hydrogen (secondary N) is 1. The average molecular weight is 277 g/mol. The molecule has 1 aliphatic heterocycles. The molecule has 0 aliphatic carbocycles. The van der Waals surface area contributed by atoms with Crippen LogP contribution in [0, 0.1) is 12.8 Å². The molecule has 1 aromatic rings. The van der Waals surface area contributed by atoms with Crippen LogP contribution in [0.1, 0.15) is 42.9 Å². The number of aryl methyl sites for hydroxylation is 1. The predicted molar refractivity (Wildman–Crippen MR) is 81.9 cm³/mol. The van der Waals surface area contributed by atoms with Gasteiger partial charge in [0.2, 0.25) is 0 Å². The first-order valence-corrected chi connectivity index (χ1v) is 7.64. The SMILES string of the molecule is Cc1ccc(C(=O)N(CC2CCNCC2)C(C)C)n1C. The van der Waals surface area contributed by atoms with Gasteiger partial charge in [-0.2, -0.15) is 0 Å². The molecule has 0 unspecified atom stereocenters. The molecule has 1 amide bonds. The third-order valence-electron chi connectivity index (χ3n) is 4.39. The molecule has 2 rings (SSSR count). The molecule has 1 N–H and O–H groups in total. The number of carbonyl (C=O) groups is 1. The Morgan fingerprint density at radius 3 is 2.55 bits per heavy atom. The van der Waals surface area contributed by atoms with Crippen molar-refractivity contribution in [1.82, 2.24) is 14.8 Å². The molecule has 0 spiro atoms. The summed E-state index contributed by atoms with van der Waals surface area (Å²) in [6.45, 7) is 9.28. The molecule has 0 atom stereocenters. The van der Waals surface area contributed by atoms with Crippen LogP contribution in [0.2, 0.25) is 0 Å². The van der Waals surface area contributed by atoms with E-state index in [0.717, 1.165) is 31.0 Å². The highest BCUT2D eigenvalue weighted by Crippen LogP contribution is 2.18. The second-order valence-electron chi connectivity index (χ2n) is 6.16. The standard InChI is InChI=1S/C16H27N3O/c1-12(2)19(11-14-7-9-17-10-8-14)16(20)15-6-5-13(3)18(15)4/h5-6,12,14,17H,7-11H2,1-4H3. The lowest BCUT2D eigenvalue weighted by Crippen LogP contribution is -2.43. The number of hydrogen-bond donors (Lipinski definition) is 1. The van der Waals surface area contributed by atoms with E-state index in [1.165, 1.54) is 12.8 Å². The van der Waals surface area contributed by atoms with Crippen LogP contribution < -0.4 is 5.32 Å². The first-order chi connectivity index (χ1) is 9.50. The summed E-state index contributed by atoms with van der Waals surface area (Å²) in [5, 5.41) is 3.38. The lowest BCUT2D eigenvalue weighted by molar-refractivity contribution is 0.0648. The normalized spacial score (nSPS) is 16.6. The van der Waals surface area contributed by atoms with Crippen LogP contribution in [0.4, 0.5) is 0 Å². The first kappa shape index (κ1) is 15.1. The van der Waals surface area contributed by atoms with Gasteiger partial charge in [-0.1, -0.05) is 0 Å². The zero-order valence-corrected chi connectivity index (χ0v) is 13.1. The van der Waals surface area contributed by atoms with E-state index in [4.69, 9.17) is 0 Å². The van der Waals surface area contributed by atoms with Crippen molar-refractivity contribution < 1.29 is 4.79 Å². The van der Waals surface area contributed by atoms with Crippen molar-refractivity contribution in [2.75, 3.05) is 19.6 Å². The van der Waals surface area contributed by atoms with Crippen LogP contribution in [0.25, 0.3) is 0 Å². The Morgan fingerprint density at radius 1 is 1.40 bits per heavy atom. The fourth-order valence-corrected chi connectivity index (χ4v) is 2.85. The summed E-state index contributed by atoms with van der Waals surface area (Å²) in [6, 6.07) is 4.19. The second kappa shape index (κ2) is 6.44. The number of hydrogen-bond acceptors (Lipinski definition) is 2. The minimum atomic E-state index is 0.161. The quantitative estimate of drug-likeness (QED) is 0.916. The summed E-state index contributed by atoms with van der Waals surface area (Å²) in [5.41, 5.74) is 1.92. The lowest BCUT2D eigenvalue weighted by atomic mass is 9.97. The van der Waals surface area contributed by atoms with Gasteiger partial charge in [0.1, 0.15) is 5.69 Å². The molecule has 0 aromatic carbocycles. The number of rotatable bonds is 4. The molecule has 4 heteroatoms. The summed E-state index contributed by atoms with van der Waals surface area (Å²) < 4.78 is 1.99. The maximum absolute atomic E-state index is 12.8. The molecule has 1 aliphatic rings. The van der Waals surface area contributed by atoms with Crippen molar-refractivity contribution in [1.29, 1.82) is 0 Å². The van der Waals surface area contributed by atoms with Crippen LogP contribution in [-0.2, 0) is 7.05 Å². The number of amides is 1. The summed E-state index contributed by atoms with van der Waals surface area (Å²) in [4.78, 5) is 14.8. The Morgan fingerprint density at radius 2 is 2.05 bits per heavy atom. The van der Waals surface area contributed by atoms with Crippen molar-refractivity contribution in [2.24, 2.45) is 13.0 Å². The maximum atomic E-state index is 12.8.